The lowest BCUT2D eigenvalue weighted by Crippen LogP contribution is -2.41. The fourth-order valence-corrected chi connectivity index (χ4v) is 3.35. The van der Waals surface area contributed by atoms with Crippen molar-refractivity contribution < 1.29 is 13.6 Å². The van der Waals surface area contributed by atoms with E-state index in [1.165, 1.54) is 62.2 Å². The Labute approximate surface area is 165 Å². The Bertz CT molecular complexity index is 1120. The number of hydrogen-bond acceptors (Lipinski definition) is 6. The zero-order valence-electron chi connectivity index (χ0n) is 15.4. The molecule has 2 aromatic heterocycles. The van der Waals surface area contributed by atoms with Gasteiger partial charge in [0, 0.05) is 36.8 Å². The van der Waals surface area contributed by atoms with Gasteiger partial charge in [-0.3, -0.25) is 24.6 Å². The zero-order chi connectivity index (χ0) is 20.6. The van der Waals surface area contributed by atoms with Crippen molar-refractivity contribution in [2.45, 2.75) is 12.2 Å². The number of rotatable bonds is 4. The molecule has 1 aliphatic rings. The Balaban J connectivity index is 2.00. The number of aromatic nitrogens is 3. The Hall–Kier alpha value is -3.75. The van der Waals surface area contributed by atoms with Gasteiger partial charge in [-0.25, -0.2) is 13.8 Å². The van der Waals surface area contributed by atoms with Crippen LogP contribution in [0.3, 0.4) is 0 Å². The van der Waals surface area contributed by atoms with Crippen LogP contribution in [-0.4, -0.2) is 38.8 Å². The molecule has 146 valence electrons. The van der Waals surface area contributed by atoms with Gasteiger partial charge in [-0.15, -0.1) is 0 Å². The Morgan fingerprint density at radius 3 is 2.62 bits per heavy atom. The lowest BCUT2D eigenvalue weighted by molar-refractivity contribution is -0.129. The SMILES string of the molecule is CN1C(=O)C(c2ccnc(CF)c2)(c2cc(-c3cnccn3)ccc2F)N=C1N. The molecule has 1 atom stereocenters. The van der Waals surface area contributed by atoms with Crippen LogP contribution in [0, 0.1) is 5.82 Å². The minimum atomic E-state index is -1.80. The molecule has 0 bridgehead atoms. The van der Waals surface area contributed by atoms with Crippen LogP contribution in [0.2, 0.25) is 0 Å². The van der Waals surface area contributed by atoms with Crippen LogP contribution in [0.15, 0.2) is 60.1 Å². The van der Waals surface area contributed by atoms with Gasteiger partial charge in [0.15, 0.2) is 11.5 Å². The van der Waals surface area contributed by atoms with Crippen molar-refractivity contribution in [3.63, 3.8) is 0 Å². The normalized spacial score (nSPS) is 18.8. The predicted molar refractivity (Wildman–Crippen MR) is 102 cm³/mol. The summed E-state index contributed by atoms with van der Waals surface area (Å²) in [7, 11) is 1.45. The lowest BCUT2D eigenvalue weighted by Gasteiger charge is -2.27. The first-order chi connectivity index (χ1) is 14.0. The topological polar surface area (TPSA) is 97.4 Å². The number of amides is 1. The molecule has 0 saturated heterocycles. The number of guanidine groups is 1. The molecule has 1 aliphatic heterocycles. The van der Waals surface area contributed by atoms with E-state index in [-0.39, 0.29) is 22.8 Å². The van der Waals surface area contributed by atoms with E-state index in [1.54, 1.807) is 0 Å². The predicted octanol–water partition coefficient (Wildman–Crippen LogP) is 2.18. The summed E-state index contributed by atoms with van der Waals surface area (Å²) in [5, 5.41) is 0. The fourth-order valence-electron chi connectivity index (χ4n) is 3.35. The summed E-state index contributed by atoms with van der Waals surface area (Å²) in [6, 6.07) is 7.15. The molecule has 2 N–H and O–H groups in total. The van der Waals surface area contributed by atoms with Gasteiger partial charge in [-0.05, 0) is 35.9 Å². The Kier molecular flexibility index (Phi) is 4.50. The number of pyridine rings is 1. The zero-order valence-corrected chi connectivity index (χ0v) is 15.4. The van der Waals surface area contributed by atoms with Gasteiger partial charge in [0.1, 0.15) is 12.5 Å². The first-order valence-corrected chi connectivity index (χ1v) is 8.68. The first-order valence-electron chi connectivity index (χ1n) is 8.68. The lowest BCUT2D eigenvalue weighted by atomic mass is 9.81. The van der Waals surface area contributed by atoms with Gasteiger partial charge in [-0.2, -0.15) is 0 Å². The summed E-state index contributed by atoms with van der Waals surface area (Å²) in [5.74, 6) is -1.28. The summed E-state index contributed by atoms with van der Waals surface area (Å²) in [5.41, 5.74) is 5.51. The number of halogens is 2. The second-order valence-electron chi connectivity index (χ2n) is 6.50. The summed E-state index contributed by atoms with van der Waals surface area (Å²) in [6.07, 6.45) is 5.91. The van der Waals surface area contributed by atoms with Crippen molar-refractivity contribution in [2.24, 2.45) is 10.7 Å². The second-order valence-corrected chi connectivity index (χ2v) is 6.50. The van der Waals surface area contributed by atoms with Gasteiger partial charge in [0.25, 0.3) is 5.91 Å². The fraction of sp³-hybridized carbons (Fsp3) is 0.150. The van der Waals surface area contributed by atoms with Crippen LogP contribution < -0.4 is 5.73 Å². The van der Waals surface area contributed by atoms with E-state index in [4.69, 9.17) is 5.73 Å². The highest BCUT2D eigenvalue weighted by molar-refractivity contribution is 6.09. The highest BCUT2D eigenvalue weighted by atomic mass is 19.1. The van der Waals surface area contributed by atoms with E-state index in [2.05, 4.69) is 19.9 Å². The van der Waals surface area contributed by atoms with Crippen LogP contribution in [0.4, 0.5) is 8.78 Å². The highest BCUT2D eigenvalue weighted by Gasteiger charge is 2.51. The van der Waals surface area contributed by atoms with E-state index in [9.17, 15) is 9.18 Å². The molecule has 1 unspecified atom stereocenters. The van der Waals surface area contributed by atoms with Crippen molar-refractivity contribution in [3.8, 4) is 11.3 Å². The summed E-state index contributed by atoms with van der Waals surface area (Å²) in [4.78, 5) is 30.9. The third-order valence-electron chi connectivity index (χ3n) is 4.83. The molecule has 0 radical (unpaired) electrons. The smallest absolute Gasteiger partial charge is 0.266 e. The van der Waals surface area contributed by atoms with Crippen molar-refractivity contribution >= 4 is 11.9 Å². The Morgan fingerprint density at radius 1 is 1.14 bits per heavy atom. The van der Waals surface area contributed by atoms with E-state index >= 15 is 4.39 Å². The third-order valence-corrected chi connectivity index (χ3v) is 4.83. The summed E-state index contributed by atoms with van der Waals surface area (Å²) < 4.78 is 28.3. The number of benzene rings is 1. The number of alkyl halides is 1. The van der Waals surface area contributed by atoms with Crippen molar-refractivity contribution in [2.75, 3.05) is 7.05 Å². The number of aliphatic imine (C=N–C) groups is 1. The standard InChI is InChI=1S/C20H16F2N6O/c1-28-18(29)20(27-19(28)23,13-4-5-25-14(9-13)10-21)15-8-12(2-3-16(15)22)17-11-24-6-7-26-17/h2-9,11H,10H2,1H3,(H2,23,27). The van der Waals surface area contributed by atoms with Crippen molar-refractivity contribution in [1.82, 2.24) is 19.9 Å². The number of hydrogen-bond donors (Lipinski definition) is 1. The van der Waals surface area contributed by atoms with Gasteiger partial charge < -0.3 is 5.73 Å². The molecule has 1 amide bonds. The van der Waals surface area contributed by atoms with Crippen molar-refractivity contribution in [3.05, 3.63) is 77.8 Å². The first kappa shape index (κ1) is 18.6. The molecule has 0 spiro atoms. The quantitative estimate of drug-likeness (QED) is 0.732. The summed E-state index contributed by atoms with van der Waals surface area (Å²) in [6.45, 7) is -0.838. The summed E-state index contributed by atoms with van der Waals surface area (Å²) >= 11 is 0. The maximum absolute atomic E-state index is 15.1. The average Bonchev–Trinajstić information content (AvgIpc) is 2.99. The van der Waals surface area contributed by atoms with Crippen LogP contribution in [0.1, 0.15) is 16.8 Å². The maximum Gasteiger partial charge on any atom is 0.266 e. The average molecular weight is 394 g/mol. The number of carbonyl (C=O) groups is 1. The molecule has 3 heterocycles. The highest BCUT2D eigenvalue weighted by Crippen LogP contribution is 2.41. The van der Waals surface area contributed by atoms with Gasteiger partial charge in [0.2, 0.25) is 0 Å². The van der Waals surface area contributed by atoms with Gasteiger partial charge in [0.05, 0.1) is 17.6 Å². The number of nitrogens with two attached hydrogens (primary N) is 1. The van der Waals surface area contributed by atoms with E-state index in [1.807, 2.05) is 0 Å². The number of nitrogens with zero attached hydrogens (tertiary/aromatic N) is 5. The Morgan fingerprint density at radius 2 is 1.97 bits per heavy atom. The second kappa shape index (κ2) is 7.01. The molecule has 0 fully saturated rings. The molecular formula is C20H16F2N6O. The van der Waals surface area contributed by atoms with E-state index in [0.717, 1.165) is 4.90 Å². The molecule has 1 aromatic carbocycles. The van der Waals surface area contributed by atoms with E-state index in [0.29, 0.717) is 11.3 Å². The minimum Gasteiger partial charge on any atom is -0.369 e. The van der Waals surface area contributed by atoms with Crippen LogP contribution in [0.25, 0.3) is 11.3 Å². The monoisotopic (exact) mass is 394 g/mol. The van der Waals surface area contributed by atoms with Gasteiger partial charge >= 0.3 is 0 Å². The number of likely N-dealkylation sites (N-methyl/N-ethyl adjacent to an activating group) is 1. The minimum absolute atomic E-state index is 0.0195. The molecule has 9 heteroatoms. The molecule has 4 rings (SSSR count). The molecule has 29 heavy (non-hydrogen) atoms. The maximum atomic E-state index is 15.1. The molecular weight excluding hydrogens is 378 g/mol. The third kappa shape index (κ3) is 2.91. The van der Waals surface area contributed by atoms with Crippen LogP contribution in [0.5, 0.6) is 0 Å². The van der Waals surface area contributed by atoms with E-state index < -0.39 is 23.9 Å². The van der Waals surface area contributed by atoms with Gasteiger partial charge in [-0.1, -0.05) is 0 Å². The largest absolute Gasteiger partial charge is 0.369 e. The molecule has 0 saturated carbocycles. The molecule has 7 nitrogen and oxygen atoms in total. The van der Waals surface area contributed by atoms with Crippen LogP contribution >= 0.6 is 0 Å². The van der Waals surface area contributed by atoms with Crippen molar-refractivity contribution in [1.29, 1.82) is 0 Å². The number of carbonyl (C=O) groups excluding carboxylic acids is 1. The molecule has 3 aromatic rings. The van der Waals surface area contributed by atoms with Crippen LogP contribution in [-0.2, 0) is 17.0 Å². The molecule has 0 aliphatic carbocycles.